The molecule has 1 aromatic heterocycles. The summed E-state index contributed by atoms with van der Waals surface area (Å²) in [6.07, 6.45) is 2.90. The van der Waals surface area contributed by atoms with E-state index in [4.69, 9.17) is 11.6 Å². The molecule has 0 saturated carbocycles. The molecule has 0 fully saturated rings. The molecule has 1 aromatic carbocycles. The number of halogens is 1. The van der Waals surface area contributed by atoms with Crippen LogP contribution in [0.3, 0.4) is 0 Å². The van der Waals surface area contributed by atoms with E-state index >= 15 is 0 Å². The number of nitrogens with zero attached hydrogens (tertiary/aromatic N) is 1. The third kappa shape index (κ3) is 4.73. The average Bonchev–Trinajstić information content (AvgIpc) is 3.05. The van der Waals surface area contributed by atoms with Gasteiger partial charge in [-0.25, -0.2) is 0 Å². The number of rotatable bonds is 5. The van der Waals surface area contributed by atoms with Crippen molar-refractivity contribution in [3.05, 3.63) is 50.9 Å². The molecule has 0 bridgehead atoms. The summed E-state index contributed by atoms with van der Waals surface area (Å²) >= 11 is 7.52. The normalized spacial score (nSPS) is 16.1. The van der Waals surface area contributed by atoms with E-state index in [1.165, 1.54) is 4.88 Å². The number of nitrogens with one attached hydrogen (secondary N) is 1. The van der Waals surface area contributed by atoms with Crippen LogP contribution in [0.4, 0.5) is 5.00 Å². The Balaban J connectivity index is 1.99. The van der Waals surface area contributed by atoms with E-state index in [0.717, 1.165) is 24.8 Å². The summed E-state index contributed by atoms with van der Waals surface area (Å²) < 4.78 is 0. The minimum atomic E-state index is -0.216. The fourth-order valence-corrected chi connectivity index (χ4v) is 5.53. The van der Waals surface area contributed by atoms with Gasteiger partial charge in [0.2, 0.25) is 0 Å². The minimum absolute atomic E-state index is 0.0121. The second-order valence-corrected chi connectivity index (χ2v) is 10.5. The van der Waals surface area contributed by atoms with Crippen molar-refractivity contribution in [2.45, 2.75) is 53.9 Å². The molecule has 3 rings (SSSR count). The number of carbonyl (C=O) groups excluding carboxylic acids is 2. The molecule has 0 spiro atoms. The van der Waals surface area contributed by atoms with Gasteiger partial charge in [0.15, 0.2) is 0 Å². The number of carbonyl (C=O) groups is 2. The Bertz CT molecular complexity index is 924. The van der Waals surface area contributed by atoms with Crippen LogP contribution in [0.5, 0.6) is 0 Å². The van der Waals surface area contributed by atoms with Gasteiger partial charge in [0, 0.05) is 28.6 Å². The van der Waals surface area contributed by atoms with Crippen LogP contribution in [0.25, 0.3) is 0 Å². The Labute approximate surface area is 188 Å². The molecule has 6 heteroatoms. The van der Waals surface area contributed by atoms with Crippen LogP contribution in [0.1, 0.15) is 72.2 Å². The highest BCUT2D eigenvalue weighted by Gasteiger charge is 2.34. The maximum Gasteiger partial charge on any atom is 0.257 e. The molecule has 162 valence electrons. The second-order valence-electron chi connectivity index (χ2n) is 8.95. The smallest absolute Gasteiger partial charge is 0.257 e. The van der Waals surface area contributed by atoms with E-state index in [1.54, 1.807) is 35.6 Å². The van der Waals surface area contributed by atoms with Crippen molar-refractivity contribution in [1.82, 2.24) is 4.90 Å². The molecule has 1 atom stereocenters. The minimum Gasteiger partial charge on any atom is -0.339 e. The number of benzene rings is 1. The van der Waals surface area contributed by atoms with E-state index in [-0.39, 0.29) is 17.2 Å². The van der Waals surface area contributed by atoms with E-state index < -0.39 is 0 Å². The van der Waals surface area contributed by atoms with Crippen molar-refractivity contribution >= 4 is 39.8 Å². The van der Waals surface area contributed by atoms with Crippen molar-refractivity contribution in [3.8, 4) is 0 Å². The molecule has 2 aromatic rings. The first-order valence-electron chi connectivity index (χ1n) is 10.7. The summed E-state index contributed by atoms with van der Waals surface area (Å²) in [6, 6.07) is 6.80. The highest BCUT2D eigenvalue weighted by molar-refractivity contribution is 7.17. The molecular formula is C24H31ClN2O2S. The summed E-state index contributed by atoms with van der Waals surface area (Å²) in [6.45, 7) is 12.1. The van der Waals surface area contributed by atoms with Gasteiger partial charge in [-0.15, -0.1) is 11.3 Å². The lowest BCUT2D eigenvalue weighted by Crippen LogP contribution is -2.32. The zero-order valence-electron chi connectivity index (χ0n) is 18.5. The molecule has 1 aliphatic rings. The van der Waals surface area contributed by atoms with Gasteiger partial charge < -0.3 is 10.2 Å². The monoisotopic (exact) mass is 446 g/mol. The van der Waals surface area contributed by atoms with Crippen molar-refractivity contribution in [2.24, 2.45) is 11.3 Å². The maximum atomic E-state index is 13.4. The van der Waals surface area contributed by atoms with E-state index in [9.17, 15) is 9.59 Å². The molecule has 2 amide bonds. The predicted molar refractivity (Wildman–Crippen MR) is 126 cm³/mol. The van der Waals surface area contributed by atoms with Crippen molar-refractivity contribution in [1.29, 1.82) is 0 Å². The Morgan fingerprint density at radius 3 is 2.37 bits per heavy atom. The molecular weight excluding hydrogens is 416 g/mol. The van der Waals surface area contributed by atoms with Gasteiger partial charge in [-0.05, 0) is 74.3 Å². The molecule has 1 heterocycles. The lowest BCUT2D eigenvalue weighted by molar-refractivity contribution is 0.0772. The average molecular weight is 447 g/mol. The quantitative estimate of drug-likeness (QED) is 0.586. The first-order chi connectivity index (χ1) is 14.2. The zero-order valence-corrected chi connectivity index (χ0v) is 20.0. The number of amides is 2. The van der Waals surface area contributed by atoms with Crippen molar-refractivity contribution < 1.29 is 9.59 Å². The molecule has 4 nitrogen and oxygen atoms in total. The fourth-order valence-electron chi connectivity index (χ4n) is 4.08. The van der Waals surface area contributed by atoms with Crippen LogP contribution in [0.2, 0.25) is 5.02 Å². The molecule has 0 saturated heterocycles. The van der Waals surface area contributed by atoms with Crippen LogP contribution in [0, 0.1) is 11.3 Å². The van der Waals surface area contributed by atoms with Gasteiger partial charge >= 0.3 is 0 Å². The van der Waals surface area contributed by atoms with E-state index in [2.05, 4.69) is 26.1 Å². The lowest BCUT2D eigenvalue weighted by Gasteiger charge is -2.34. The number of thiophene rings is 1. The summed E-state index contributed by atoms with van der Waals surface area (Å²) in [5, 5.41) is 4.29. The standard InChI is InChI=1S/C24H31ClN2O2S/c1-6-27(7-2)23(29)20-18-13-10-16(24(3,4)5)14-19(18)30-22(20)26-21(28)15-8-11-17(25)12-9-15/h8-9,11-12,16H,6-7,10,13-14H2,1-5H3,(H,26,28)/t16-/m0/s1. The largest absolute Gasteiger partial charge is 0.339 e. The summed E-state index contributed by atoms with van der Waals surface area (Å²) in [5.41, 5.74) is 2.56. The summed E-state index contributed by atoms with van der Waals surface area (Å²) in [5.74, 6) is 0.365. The van der Waals surface area contributed by atoms with Gasteiger partial charge in [-0.2, -0.15) is 0 Å². The van der Waals surface area contributed by atoms with Gasteiger partial charge in [0.25, 0.3) is 11.8 Å². The summed E-state index contributed by atoms with van der Waals surface area (Å²) in [4.78, 5) is 29.3. The topological polar surface area (TPSA) is 49.4 Å². The van der Waals surface area contributed by atoms with Crippen molar-refractivity contribution in [3.63, 3.8) is 0 Å². The van der Waals surface area contributed by atoms with E-state index in [1.807, 2.05) is 18.7 Å². The van der Waals surface area contributed by atoms with Gasteiger partial charge in [-0.1, -0.05) is 32.4 Å². The van der Waals surface area contributed by atoms with Crippen molar-refractivity contribution in [2.75, 3.05) is 18.4 Å². The first-order valence-corrected chi connectivity index (χ1v) is 11.9. The number of hydrogen-bond acceptors (Lipinski definition) is 3. The number of fused-ring (bicyclic) bond motifs is 1. The third-order valence-electron chi connectivity index (χ3n) is 6.09. The molecule has 0 aliphatic heterocycles. The van der Waals surface area contributed by atoms with Gasteiger partial charge in [-0.3, -0.25) is 9.59 Å². The molecule has 1 N–H and O–H groups in total. The summed E-state index contributed by atoms with van der Waals surface area (Å²) in [7, 11) is 0. The Hall–Kier alpha value is -1.85. The number of anilines is 1. The van der Waals surface area contributed by atoms with Crippen LogP contribution in [-0.2, 0) is 12.8 Å². The molecule has 0 radical (unpaired) electrons. The van der Waals surface area contributed by atoms with Crippen LogP contribution < -0.4 is 5.32 Å². The SMILES string of the molecule is CCN(CC)C(=O)c1c(NC(=O)c2ccc(Cl)cc2)sc2c1CC[C@H](C(C)(C)C)C2. The Morgan fingerprint density at radius 1 is 1.17 bits per heavy atom. The highest BCUT2D eigenvalue weighted by Crippen LogP contribution is 2.44. The Morgan fingerprint density at radius 2 is 1.80 bits per heavy atom. The molecule has 0 unspecified atom stereocenters. The third-order valence-corrected chi connectivity index (χ3v) is 7.51. The molecule has 30 heavy (non-hydrogen) atoms. The fraction of sp³-hybridized carbons (Fsp3) is 0.500. The van der Waals surface area contributed by atoms with Crippen LogP contribution >= 0.6 is 22.9 Å². The van der Waals surface area contributed by atoms with Gasteiger partial charge in [0.1, 0.15) is 5.00 Å². The van der Waals surface area contributed by atoms with E-state index in [0.29, 0.717) is 40.2 Å². The first kappa shape index (κ1) is 22.8. The number of hydrogen-bond donors (Lipinski definition) is 1. The van der Waals surface area contributed by atoms with Crippen LogP contribution in [0.15, 0.2) is 24.3 Å². The lowest BCUT2D eigenvalue weighted by atomic mass is 9.72. The zero-order chi connectivity index (χ0) is 22.1. The van der Waals surface area contributed by atoms with Crippen LogP contribution in [-0.4, -0.2) is 29.8 Å². The highest BCUT2D eigenvalue weighted by atomic mass is 35.5. The predicted octanol–water partition coefficient (Wildman–Crippen LogP) is 6.29. The van der Waals surface area contributed by atoms with Gasteiger partial charge in [0.05, 0.1) is 5.56 Å². The second kappa shape index (κ2) is 9.11. The molecule has 1 aliphatic carbocycles. The maximum absolute atomic E-state index is 13.4. The Kier molecular flexibility index (Phi) is 6.93.